The highest BCUT2D eigenvalue weighted by atomic mass is 35.5. The van der Waals surface area contributed by atoms with Crippen molar-refractivity contribution in [2.24, 2.45) is 10.9 Å². The Balaban J connectivity index is 2.13. The molecule has 1 heterocycles. The van der Waals surface area contributed by atoms with Gasteiger partial charge in [0, 0.05) is 5.02 Å². The first-order chi connectivity index (χ1) is 12.5. The molecule has 1 aliphatic carbocycles. The molecule has 4 nitrogen and oxygen atoms in total. The van der Waals surface area contributed by atoms with Gasteiger partial charge >= 0.3 is 5.97 Å². The van der Waals surface area contributed by atoms with Crippen LogP contribution in [-0.2, 0) is 9.53 Å². The van der Waals surface area contributed by atoms with Crippen LogP contribution in [0.15, 0.2) is 34.5 Å². The molecule has 1 aromatic rings. The zero-order chi connectivity index (χ0) is 18.8. The Morgan fingerprint density at radius 1 is 1.46 bits per heavy atom. The van der Waals surface area contributed by atoms with E-state index in [9.17, 15) is 9.18 Å². The molecule has 6 heteroatoms. The number of halogens is 2. The average Bonchev–Trinajstić information content (AvgIpc) is 3.43. The first kappa shape index (κ1) is 18.6. The van der Waals surface area contributed by atoms with Crippen molar-refractivity contribution >= 4 is 23.3 Å². The molecule has 3 rings (SSSR count). The minimum atomic E-state index is -0.670. The number of nitrogens with zero attached hydrogens (tertiary/aromatic N) is 2. The summed E-state index contributed by atoms with van der Waals surface area (Å²) in [5.41, 5.74) is 2.22. The first-order valence-corrected chi connectivity index (χ1v) is 9.02. The quantitative estimate of drug-likeness (QED) is 0.541. The van der Waals surface area contributed by atoms with Crippen molar-refractivity contribution in [2.45, 2.75) is 44.6 Å². The van der Waals surface area contributed by atoms with E-state index in [0.717, 1.165) is 6.42 Å². The molecule has 2 atom stereocenters. The van der Waals surface area contributed by atoms with Gasteiger partial charge in [-0.1, -0.05) is 30.5 Å². The van der Waals surface area contributed by atoms with Crippen molar-refractivity contribution < 1.29 is 13.9 Å². The van der Waals surface area contributed by atoms with Gasteiger partial charge in [-0.3, -0.25) is 4.99 Å². The summed E-state index contributed by atoms with van der Waals surface area (Å²) >= 11 is 6.27. The van der Waals surface area contributed by atoms with Crippen LogP contribution >= 0.6 is 11.6 Å². The summed E-state index contributed by atoms with van der Waals surface area (Å²) < 4.78 is 18.5. The van der Waals surface area contributed by atoms with Gasteiger partial charge in [0.2, 0.25) is 0 Å². The fourth-order valence-corrected chi connectivity index (χ4v) is 3.74. The van der Waals surface area contributed by atoms with Gasteiger partial charge in [-0.15, -0.1) is 0 Å². The summed E-state index contributed by atoms with van der Waals surface area (Å²) in [6.45, 7) is 9.40. The molecule has 0 aromatic heterocycles. The van der Waals surface area contributed by atoms with Crippen LogP contribution < -0.4 is 0 Å². The van der Waals surface area contributed by atoms with E-state index >= 15 is 0 Å². The number of methoxy groups -OCH3 is 1. The van der Waals surface area contributed by atoms with Crippen LogP contribution in [-0.4, -0.2) is 24.8 Å². The number of hydrogen-bond donors (Lipinski definition) is 0. The molecule has 26 heavy (non-hydrogen) atoms. The maximum absolute atomic E-state index is 13.5. The molecule has 0 bridgehead atoms. The van der Waals surface area contributed by atoms with Crippen molar-refractivity contribution in [1.29, 1.82) is 0 Å². The summed E-state index contributed by atoms with van der Waals surface area (Å²) in [6.07, 6.45) is 4.04. The van der Waals surface area contributed by atoms with E-state index in [4.69, 9.17) is 22.9 Å². The van der Waals surface area contributed by atoms with Crippen LogP contribution in [0, 0.1) is 18.3 Å². The van der Waals surface area contributed by atoms with E-state index in [0.29, 0.717) is 34.9 Å². The number of allylic oxidation sites excluding steroid dienone is 1. The van der Waals surface area contributed by atoms with Crippen LogP contribution in [0.5, 0.6) is 0 Å². The SMILES string of the molecule is [C-]#[N+]C1C(C)=NC(CCC2CC2)=C(C(=O)OC)C1c1ccc(F)cc1Cl. The van der Waals surface area contributed by atoms with E-state index in [-0.39, 0.29) is 5.02 Å². The Morgan fingerprint density at radius 3 is 2.77 bits per heavy atom. The summed E-state index contributed by atoms with van der Waals surface area (Å²) in [6, 6.07) is 3.37. The molecule has 0 N–H and O–H groups in total. The second-order valence-electron chi connectivity index (χ2n) is 6.80. The monoisotopic (exact) mass is 374 g/mol. The molecular weight excluding hydrogens is 355 g/mol. The van der Waals surface area contributed by atoms with Crippen molar-refractivity contribution in [1.82, 2.24) is 0 Å². The van der Waals surface area contributed by atoms with Crippen molar-refractivity contribution in [3.05, 3.63) is 57.3 Å². The highest BCUT2D eigenvalue weighted by molar-refractivity contribution is 6.31. The minimum Gasteiger partial charge on any atom is -0.466 e. The Bertz CT molecular complexity index is 837. The molecule has 0 radical (unpaired) electrons. The second-order valence-corrected chi connectivity index (χ2v) is 7.21. The molecule has 1 aromatic carbocycles. The third kappa shape index (κ3) is 3.66. The normalized spacial score (nSPS) is 22.7. The largest absolute Gasteiger partial charge is 0.466 e. The smallest absolute Gasteiger partial charge is 0.336 e. The van der Waals surface area contributed by atoms with Crippen LogP contribution in [0.3, 0.4) is 0 Å². The van der Waals surface area contributed by atoms with Crippen molar-refractivity contribution in [3.63, 3.8) is 0 Å². The van der Waals surface area contributed by atoms with E-state index in [1.165, 1.54) is 32.1 Å². The fourth-order valence-electron chi connectivity index (χ4n) is 3.46. The number of ether oxygens (including phenoxy) is 1. The van der Waals surface area contributed by atoms with Crippen molar-refractivity contribution in [2.75, 3.05) is 7.11 Å². The van der Waals surface area contributed by atoms with Crippen LogP contribution in [0.2, 0.25) is 5.02 Å². The summed E-state index contributed by atoms with van der Waals surface area (Å²) in [7, 11) is 1.31. The summed E-state index contributed by atoms with van der Waals surface area (Å²) in [4.78, 5) is 20.9. The van der Waals surface area contributed by atoms with E-state index in [2.05, 4.69) is 9.84 Å². The second kappa shape index (κ2) is 7.59. The summed E-state index contributed by atoms with van der Waals surface area (Å²) in [5.74, 6) is -0.897. The number of benzene rings is 1. The van der Waals surface area contributed by atoms with Crippen LogP contribution in [0.25, 0.3) is 4.85 Å². The minimum absolute atomic E-state index is 0.196. The lowest BCUT2D eigenvalue weighted by molar-refractivity contribution is -0.136. The Labute approximate surface area is 157 Å². The topological polar surface area (TPSA) is 43.0 Å². The van der Waals surface area contributed by atoms with E-state index in [1.54, 1.807) is 13.0 Å². The lowest BCUT2D eigenvalue weighted by atomic mass is 9.79. The number of carbonyl (C=O) groups is 1. The lowest BCUT2D eigenvalue weighted by Crippen LogP contribution is -2.32. The zero-order valence-electron chi connectivity index (χ0n) is 14.8. The van der Waals surface area contributed by atoms with Gasteiger partial charge in [0.05, 0.1) is 24.1 Å². The highest BCUT2D eigenvalue weighted by Gasteiger charge is 2.43. The van der Waals surface area contributed by atoms with E-state index in [1.807, 2.05) is 0 Å². The van der Waals surface area contributed by atoms with Crippen LogP contribution in [0.1, 0.15) is 44.1 Å². The molecule has 0 saturated heterocycles. The van der Waals surface area contributed by atoms with Gasteiger partial charge in [-0.2, -0.15) is 0 Å². The van der Waals surface area contributed by atoms with Gasteiger partial charge in [-0.25, -0.2) is 15.8 Å². The highest BCUT2D eigenvalue weighted by Crippen LogP contribution is 2.43. The number of carbonyl (C=O) groups excluding carboxylic acids is 1. The van der Waals surface area contributed by atoms with Gasteiger partial charge in [-0.05, 0) is 43.4 Å². The molecule has 0 amide bonds. The third-order valence-electron chi connectivity index (χ3n) is 5.01. The number of hydrogen-bond acceptors (Lipinski definition) is 3. The standard InChI is InChI=1S/C20H20ClFN2O2/c1-11-19(23-2)17(14-8-7-13(22)10-15(14)21)18(20(25)26-3)16(24-11)9-6-12-4-5-12/h7-8,10,12,17,19H,4-6,9H2,1,3H3. The molecule has 136 valence electrons. The third-order valence-corrected chi connectivity index (χ3v) is 5.33. The van der Waals surface area contributed by atoms with Gasteiger partial charge in [0.15, 0.2) is 0 Å². The number of aliphatic imine (C=N–C) groups is 1. The number of esters is 1. The van der Waals surface area contributed by atoms with Gasteiger partial charge in [0.25, 0.3) is 6.04 Å². The van der Waals surface area contributed by atoms with Crippen LogP contribution in [0.4, 0.5) is 4.39 Å². The summed E-state index contributed by atoms with van der Waals surface area (Å²) in [5, 5.41) is 0.196. The Hall–Kier alpha value is -2.19. The molecule has 1 fully saturated rings. The molecule has 0 spiro atoms. The molecule has 2 unspecified atom stereocenters. The maximum atomic E-state index is 13.5. The molecule has 1 saturated carbocycles. The fraction of sp³-hybridized carbons (Fsp3) is 0.450. The van der Waals surface area contributed by atoms with Gasteiger partial charge in [0.1, 0.15) is 11.7 Å². The predicted molar refractivity (Wildman–Crippen MR) is 98.7 cm³/mol. The number of rotatable bonds is 5. The first-order valence-electron chi connectivity index (χ1n) is 8.64. The van der Waals surface area contributed by atoms with Gasteiger partial charge < -0.3 is 9.58 Å². The zero-order valence-corrected chi connectivity index (χ0v) is 15.5. The maximum Gasteiger partial charge on any atom is 0.336 e. The lowest BCUT2D eigenvalue weighted by Gasteiger charge is -2.27. The predicted octanol–water partition coefficient (Wildman–Crippen LogP) is 4.94. The van der Waals surface area contributed by atoms with E-state index < -0.39 is 23.7 Å². The molecule has 2 aliphatic rings. The molecule has 1 aliphatic heterocycles. The van der Waals surface area contributed by atoms with Crippen molar-refractivity contribution in [3.8, 4) is 0 Å². The Morgan fingerprint density at radius 2 is 2.19 bits per heavy atom. The average molecular weight is 375 g/mol. The Kier molecular flexibility index (Phi) is 5.43. The molecular formula is C20H20ClFN2O2.